The molecule has 2 atom stereocenters. The van der Waals surface area contributed by atoms with Gasteiger partial charge in [0.05, 0.1) is 6.10 Å². The summed E-state index contributed by atoms with van der Waals surface area (Å²) in [6.07, 6.45) is 3.37. The topological polar surface area (TPSA) is 50.3 Å². The summed E-state index contributed by atoms with van der Waals surface area (Å²) >= 11 is 0. The van der Waals surface area contributed by atoms with Crippen molar-refractivity contribution in [3.05, 3.63) is 11.9 Å². The number of aromatic nitrogens is 2. The van der Waals surface area contributed by atoms with E-state index in [0.717, 1.165) is 56.4 Å². The lowest BCUT2D eigenvalue weighted by atomic mass is 9.96. The average molecular weight is 292 g/mol. The first-order chi connectivity index (χ1) is 10.2. The predicted octanol–water partition coefficient (Wildman–Crippen LogP) is 2.72. The fourth-order valence-corrected chi connectivity index (χ4v) is 2.70. The van der Waals surface area contributed by atoms with Crippen molar-refractivity contribution in [2.24, 2.45) is 5.92 Å². The lowest BCUT2D eigenvalue weighted by molar-refractivity contribution is 0.0496. The van der Waals surface area contributed by atoms with Gasteiger partial charge in [-0.15, -0.1) is 0 Å². The molecule has 1 aliphatic heterocycles. The Balaban J connectivity index is 2.17. The average Bonchev–Trinajstić information content (AvgIpc) is 2.53. The van der Waals surface area contributed by atoms with Gasteiger partial charge in [0, 0.05) is 39.2 Å². The monoisotopic (exact) mass is 292 g/mol. The largest absolute Gasteiger partial charge is 0.379 e. The van der Waals surface area contributed by atoms with Gasteiger partial charge in [-0.2, -0.15) is 0 Å². The number of ether oxygens (including phenoxy) is 1. The highest BCUT2D eigenvalue weighted by Gasteiger charge is 2.27. The summed E-state index contributed by atoms with van der Waals surface area (Å²) in [5.41, 5.74) is 0. The second-order valence-electron chi connectivity index (χ2n) is 5.79. The van der Waals surface area contributed by atoms with Gasteiger partial charge in [-0.05, 0) is 18.8 Å². The fourth-order valence-electron chi connectivity index (χ4n) is 2.70. The standard InChI is InChI=1S/C16H28N4O/c1-5-8-17-15-10-16(19-14(6-2)18-15)20-9-7-12(3)13(11-20)21-4/h10,12-13H,5-9,11H2,1-4H3,(H,17,18,19). The molecule has 118 valence electrons. The molecule has 5 heteroatoms. The van der Waals surface area contributed by atoms with Crippen LogP contribution in [0.15, 0.2) is 6.07 Å². The smallest absolute Gasteiger partial charge is 0.134 e. The maximum atomic E-state index is 5.61. The molecule has 1 aromatic rings. The van der Waals surface area contributed by atoms with Crippen LogP contribution in [-0.4, -0.2) is 42.8 Å². The predicted molar refractivity (Wildman–Crippen MR) is 87.0 cm³/mol. The number of anilines is 2. The zero-order valence-corrected chi connectivity index (χ0v) is 13.7. The Morgan fingerprint density at radius 2 is 2.19 bits per heavy atom. The zero-order chi connectivity index (χ0) is 15.2. The molecule has 1 aromatic heterocycles. The van der Waals surface area contributed by atoms with Crippen molar-refractivity contribution in [2.45, 2.75) is 46.1 Å². The van der Waals surface area contributed by atoms with Crippen molar-refractivity contribution in [3.8, 4) is 0 Å². The van der Waals surface area contributed by atoms with Crippen LogP contribution in [0.1, 0.15) is 39.4 Å². The molecule has 1 aliphatic rings. The molecular formula is C16H28N4O. The number of aryl methyl sites for hydroxylation is 1. The van der Waals surface area contributed by atoms with E-state index in [0.29, 0.717) is 5.92 Å². The van der Waals surface area contributed by atoms with E-state index in [9.17, 15) is 0 Å². The van der Waals surface area contributed by atoms with E-state index in [1.165, 1.54) is 0 Å². The summed E-state index contributed by atoms with van der Waals surface area (Å²) in [4.78, 5) is 11.6. The third kappa shape index (κ3) is 4.06. The first kappa shape index (κ1) is 16.0. The van der Waals surface area contributed by atoms with E-state index in [4.69, 9.17) is 9.72 Å². The first-order valence-electron chi connectivity index (χ1n) is 8.07. The van der Waals surface area contributed by atoms with Gasteiger partial charge in [-0.25, -0.2) is 9.97 Å². The Kier molecular flexibility index (Phi) is 5.79. The molecule has 5 nitrogen and oxygen atoms in total. The number of methoxy groups -OCH3 is 1. The van der Waals surface area contributed by atoms with E-state index >= 15 is 0 Å². The molecular weight excluding hydrogens is 264 g/mol. The SMILES string of the molecule is CCCNc1cc(N2CCC(C)C(OC)C2)nc(CC)n1. The van der Waals surface area contributed by atoms with Crippen LogP contribution in [0.25, 0.3) is 0 Å². The number of hydrogen-bond donors (Lipinski definition) is 1. The summed E-state index contributed by atoms with van der Waals surface area (Å²) < 4.78 is 5.61. The van der Waals surface area contributed by atoms with Gasteiger partial charge >= 0.3 is 0 Å². The maximum absolute atomic E-state index is 5.61. The van der Waals surface area contributed by atoms with E-state index in [2.05, 4.69) is 42.0 Å². The summed E-state index contributed by atoms with van der Waals surface area (Å²) in [5.74, 6) is 3.47. The Bertz CT molecular complexity index is 452. The maximum Gasteiger partial charge on any atom is 0.134 e. The lowest BCUT2D eigenvalue weighted by Gasteiger charge is -2.37. The molecule has 2 rings (SSSR count). The first-order valence-corrected chi connectivity index (χ1v) is 8.07. The highest BCUT2D eigenvalue weighted by molar-refractivity contribution is 5.50. The number of rotatable bonds is 6. The fraction of sp³-hybridized carbons (Fsp3) is 0.750. The van der Waals surface area contributed by atoms with Gasteiger partial charge in [0.1, 0.15) is 17.5 Å². The lowest BCUT2D eigenvalue weighted by Crippen LogP contribution is -2.44. The quantitative estimate of drug-likeness (QED) is 0.873. The summed E-state index contributed by atoms with van der Waals surface area (Å²) in [5, 5.41) is 3.37. The van der Waals surface area contributed by atoms with E-state index in [1.807, 2.05) is 0 Å². The molecule has 0 radical (unpaired) electrons. The van der Waals surface area contributed by atoms with Crippen molar-refractivity contribution in [1.82, 2.24) is 9.97 Å². The van der Waals surface area contributed by atoms with Crippen LogP contribution < -0.4 is 10.2 Å². The Labute approximate surface area is 128 Å². The molecule has 21 heavy (non-hydrogen) atoms. The summed E-state index contributed by atoms with van der Waals surface area (Å²) in [7, 11) is 1.80. The summed E-state index contributed by atoms with van der Waals surface area (Å²) in [6.45, 7) is 9.40. The van der Waals surface area contributed by atoms with Crippen molar-refractivity contribution in [3.63, 3.8) is 0 Å². The molecule has 1 saturated heterocycles. The molecule has 0 bridgehead atoms. The number of nitrogens with one attached hydrogen (secondary N) is 1. The molecule has 1 fully saturated rings. The summed E-state index contributed by atoms with van der Waals surface area (Å²) in [6, 6.07) is 2.07. The minimum absolute atomic E-state index is 0.283. The Hall–Kier alpha value is -1.36. The van der Waals surface area contributed by atoms with E-state index < -0.39 is 0 Å². The highest BCUT2D eigenvalue weighted by atomic mass is 16.5. The van der Waals surface area contributed by atoms with Crippen molar-refractivity contribution < 1.29 is 4.74 Å². The van der Waals surface area contributed by atoms with Gasteiger partial charge in [-0.1, -0.05) is 20.8 Å². The van der Waals surface area contributed by atoms with Crippen LogP contribution >= 0.6 is 0 Å². The van der Waals surface area contributed by atoms with Crippen LogP contribution in [0.2, 0.25) is 0 Å². The van der Waals surface area contributed by atoms with Gasteiger partial charge in [-0.3, -0.25) is 0 Å². The van der Waals surface area contributed by atoms with Crippen LogP contribution in [0, 0.1) is 5.92 Å². The third-order valence-corrected chi connectivity index (χ3v) is 4.15. The molecule has 2 heterocycles. The second kappa shape index (κ2) is 7.59. The molecule has 0 spiro atoms. The van der Waals surface area contributed by atoms with Crippen molar-refractivity contribution in [1.29, 1.82) is 0 Å². The van der Waals surface area contributed by atoms with Crippen LogP contribution in [0.5, 0.6) is 0 Å². The molecule has 0 saturated carbocycles. The van der Waals surface area contributed by atoms with Gasteiger partial charge in [0.25, 0.3) is 0 Å². The van der Waals surface area contributed by atoms with E-state index in [-0.39, 0.29) is 6.10 Å². The zero-order valence-electron chi connectivity index (χ0n) is 13.7. The number of nitrogens with zero attached hydrogens (tertiary/aromatic N) is 3. The highest BCUT2D eigenvalue weighted by Crippen LogP contribution is 2.25. The van der Waals surface area contributed by atoms with Gasteiger partial charge in [0.15, 0.2) is 0 Å². The van der Waals surface area contributed by atoms with Crippen molar-refractivity contribution >= 4 is 11.6 Å². The molecule has 1 N–H and O–H groups in total. The minimum Gasteiger partial charge on any atom is -0.379 e. The van der Waals surface area contributed by atoms with Gasteiger partial charge < -0.3 is 15.0 Å². The Morgan fingerprint density at radius 1 is 1.38 bits per heavy atom. The van der Waals surface area contributed by atoms with Crippen molar-refractivity contribution in [2.75, 3.05) is 37.0 Å². The molecule has 2 unspecified atom stereocenters. The molecule has 0 amide bonds. The van der Waals surface area contributed by atoms with E-state index in [1.54, 1.807) is 7.11 Å². The van der Waals surface area contributed by atoms with Crippen LogP contribution in [-0.2, 0) is 11.2 Å². The van der Waals surface area contributed by atoms with Crippen LogP contribution in [0.4, 0.5) is 11.6 Å². The Morgan fingerprint density at radius 3 is 2.86 bits per heavy atom. The van der Waals surface area contributed by atoms with Crippen LogP contribution in [0.3, 0.4) is 0 Å². The molecule has 0 aliphatic carbocycles. The number of hydrogen-bond acceptors (Lipinski definition) is 5. The van der Waals surface area contributed by atoms with Gasteiger partial charge in [0.2, 0.25) is 0 Å². The number of piperidine rings is 1. The molecule has 0 aromatic carbocycles. The third-order valence-electron chi connectivity index (χ3n) is 4.15. The second-order valence-corrected chi connectivity index (χ2v) is 5.79. The normalized spacial score (nSPS) is 22.4. The minimum atomic E-state index is 0.283.